The summed E-state index contributed by atoms with van der Waals surface area (Å²) >= 11 is 1.36. The topological polar surface area (TPSA) is 79.7 Å². The number of hydrogen-bond acceptors (Lipinski definition) is 6. The molecule has 1 aliphatic heterocycles. The molecule has 0 saturated carbocycles. The number of hydrogen-bond donors (Lipinski definition) is 1. The highest BCUT2D eigenvalue weighted by molar-refractivity contribution is 7.22. The smallest absolute Gasteiger partial charge is 0.301 e. The van der Waals surface area contributed by atoms with Crippen LogP contribution >= 0.6 is 11.3 Å². The number of carbonyl (C=O) groups excluding carboxylic acids is 2. The van der Waals surface area contributed by atoms with Gasteiger partial charge in [-0.1, -0.05) is 62.4 Å². The standard InChI is InChI=1S/C31H30N2O4S/c1-6-37-22-14-10-20(11-15-22)27(34)25-26(19-8-12-21(13-9-19)31(3,4)5)33(29(36)28(25)35)30-32-23-16-7-18(2)17-24(23)38-30/h7-17,26,34H,6H2,1-5H3/b27-25+. The molecule has 0 spiro atoms. The van der Waals surface area contributed by atoms with E-state index in [2.05, 4.69) is 20.8 Å². The number of anilines is 1. The minimum absolute atomic E-state index is 0.0399. The third-order valence-electron chi connectivity index (χ3n) is 6.71. The average molecular weight is 527 g/mol. The van der Waals surface area contributed by atoms with Crippen LogP contribution in [0.3, 0.4) is 0 Å². The first-order valence-electron chi connectivity index (χ1n) is 12.6. The zero-order valence-electron chi connectivity index (χ0n) is 22.1. The molecule has 2 heterocycles. The summed E-state index contributed by atoms with van der Waals surface area (Å²) < 4.78 is 6.44. The van der Waals surface area contributed by atoms with Crippen molar-refractivity contribution in [1.82, 2.24) is 4.98 Å². The van der Waals surface area contributed by atoms with Crippen LogP contribution in [0.2, 0.25) is 0 Å². The van der Waals surface area contributed by atoms with Gasteiger partial charge < -0.3 is 9.84 Å². The Kier molecular flexibility index (Phi) is 6.57. The molecule has 1 aliphatic rings. The van der Waals surface area contributed by atoms with Crippen molar-refractivity contribution in [2.75, 3.05) is 11.5 Å². The first kappa shape index (κ1) is 25.7. The largest absolute Gasteiger partial charge is 0.507 e. The summed E-state index contributed by atoms with van der Waals surface area (Å²) in [4.78, 5) is 33.1. The number of aryl methyl sites for hydroxylation is 1. The maximum Gasteiger partial charge on any atom is 0.301 e. The molecule has 0 bridgehead atoms. The zero-order valence-corrected chi connectivity index (χ0v) is 22.9. The Bertz CT molecular complexity index is 1560. The lowest BCUT2D eigenvalue weighted by atomic mass is 9.85. The molecule has 1 unspecified atom stereocenters. The first-order chi connectivity index (χ1) is 18.1. The number of benzene rings is 3. The fourth-order valence-electron chi connectivity index (χ4n) is 4.66. The van der Waals surface area contributed by atoms with Gasteiger partial charge >= 0.3 is 5.91 Å². The molecule has 1 amide bonds. The lowest BCUT2D eigenvalue weighted by molar-refractivity contribution is -0.132. The maximum absolute atomic E-state index is 13.5. The number of aliphatic hydroxyl groups excluding tert-OH is 1. The van der Waals surface area contributed by atoms with Gasteiger partial charge in [0.05, 0.1) is 28.4 Å². The Morgan fingerprint density at radius 3 is 2.34 bits per heavy atom. The summed E-state index contributed by atoms with van der Waals surface area (Å²) in [7, 11) is 0. The van der Waals surface area contributed by atoms with Crippen LogP contribution in [0.15, 0.2) is 72.3 Å². The van der Waals surface area contributed by atoms with Crippen molar-refractivity contribution in [3.05, 3.63) is 94.6 Å². The number of amides is 1. The molecule has 0 aliphatic carbocycles. The lowest BCUT2D eigenvalue weighted by Gasteiger charge is -2.24. The SMILES string of the molecule is CCOc1ccc(/C(O)=C2\C(=O)C(=O)N(c3nc4ccc(C)cc4s3)C2c2ccc(C(C)(C)C)cc2)cc1. The molecule has 1 aromatic heterocycles. The van der Waals surface area contributed by atoms with Gasteiger partial charge in [0, 0.05) is 5.56 Å². The maximum atomic E-state index is 13.5. The second kappa shape index (κ2) is 9.72. The second-order valence-corrected chi connectivity index (χ2v) is 11.5. The highest BCUT2D eigenvalue weighted by Crippen LogP contribution is 2.44. The second-order valence-electron chi connectivity index (χ2n) is 10.5. The predicted octanol–water partition coefficient (Wildman–Crippen LogP) is 6.93. The van der Waals surface area contributed by atoms with Gasteiger partial charge in [0.2, 0.25) is 0 Å². The molecule has 6 nitrogen and oxygen atoms in total. The van der Waals surface area contributed by atoms with E-state index < -0.39 is 17.7 Å². The number of aliphatic hydroxyl groups is 1. The Hall–Kier alpha value is -3.97. The molecule has 1 atom stereocenters. The average Bonchev–Trinajstić information content (AvgIpc) is 3.41. The van der Waals surface area contributed by atoms with Crippen molar-refractivity contribution in [3.63, 3.8) is 0 Å². The first-order valence-corrected chi connectivity index (χ1v) is 13.4. The zero-order chi connectivity index (χ0) is 27.2. The summed E-state index contributed by atoms with van der Waals surface area (Å²) in [6.07, 6.45) is 0. The Balaban J connectivity index is 1.68. The summed E-state index contributed by atoms with van der Waals surface area (Å²) in [6, 6.07) is 19.8. The van der Waals surface area contributed by atoms with E-state index in [9.17, 15) is 14.7 Å². The molecule has 4 aromatic rings. The van der Waals surface area contributed by atoms with E-state index in [1.165, 1.54) is 16.2 Å². The lowest BCUT2D eigenvalue weighted by Crippen LogP contribution is -2.29. The molecule has 194 valence electrons. The van der Waals surface area contributed by atoms with Gasteiger partial charge in [-0.25, -0.2) is 4.98 Å². The Morgan fingerprint density at radius 2 is 1.71 bits per heavy atom. The van der Waals surface area contributed by atoms with Gasteiger partial charge in [-0.05, 0) is 72.4 Å². The monoisotopic (exact) mass is 526 g/mol. The van der Waals surface area contributed by atoms with Gasteiger partial charge in [-0.2, -0.15) is 0 Å². The van der Waals surface area contributed by atoms with Gasteiger partial charge in [-0.15, -0.1) is 0 Å². The number of rotatable bonds is 5. The van der Waals surface area contributed by atoms with Gasteiger partial charge in [-0.3, -0.25) is 14.5 Å². The molecule has 1 N–H and O–H groups in total. The summed E-state index contributed by atoms with van der Waals surface area (Å²) in [5.41, 5.74) is 4.10. The van der Waals surface area contributed by atoms with Crippen molar-refractivity contribution in [3.8, 4) is 5.75 Å². The predicted molar refractivity (Wildman–Crippen MR) is 152 cm³/mol. The molecule has 38 heavy (non-hydrogen) atoms. The summed E-state index contributed by atoms with van der Waals surface area (Å²) in [5.74, 6) is -1.02. The number of fused-ring (bicyclic) bond motifs is 1. The van der Waals surface area contributed by atoms with Crippen LogP contribution < -0.4 is 9.64 Å². The van der Waals surface area contributed by atoms with Gasteiger partial charge in [0.25, 0.3) is 5.78 Å². The Morgan fingerprint density at radius 1 is 1.03 bits per heavy atom. The van der Waals surface area contributed by atoms with Crippen LogP contribution in [0, 0.1) is 6.92 Å². The minimum atomic E-state index is -0.822. The molecule has 5 rings (SSSR count). The number of nitrogens with zero attached hydrogens (tertiary/aromatic N) is 2. The van der Waals surface area contributed by atoms with Gasteiger partial charge in [0.15, 0.2) is 5.13 Å². The van der Waals surface area contributed by atoms with Crippen LogP contribution in [0.25, 0.3) is 16.0 Å². The van der Waals surface area contributed by atoms with Crippen LogP contribution in [-0.4, -0.2) is 28.4 Å². The van der Waals surface area contributed by atoms with E-state index in [4.69, 9.17) is 9.72 Å². The van der Waals surface area contributed by atoms with Crippen molar-refractivity contribution in [2.24, 2.45) is 0 Å². The minimum Gasteiger partial charge on any atom is -0.507 e. The normalized spacial score (nSPS) is 17.4. The van der Waals surface area contributed by atoms with Crippen molar-refractivity contribution in [2.45, 2.75) is 46.1 Å². The number of ether oxygens (including phenoxy) is 1. The number of thiazole rings is 1. The van der Waals surface area contributed by atoms with E-state index in [0.29, 0.717) is 23.1 Å². The van der Waals surface area contributed by atoms with Crippen molar-refractivity contribution >= 4 is 44.1 Å². The summed E-state index contributed by atoms with van der Waals surface area (Å²) in [6.45, 7) is 10.8. The van der Waals surface area contributed by atoms with Crippen LogP contribution in [0.5, 0.6) is 5.75 Å². The van der Waals surface area contributed by atoms with Crippen LogP contribution in [0.4, 0.5) is 5.13 Å². The molecule has 7 heteroatoms. The van der Waals surface area contributed by atoms with Crippen LogP contribution in [0.1, 0.15) is 56.0 Å². The Labute approximate surface area is 226 Å². The van der Waals surface area contributed by atoms with E-state index in [0.717, 1.165) is 26.9 Å². The summed E-state index contributed by atoms with van der Waals surface area (Å²) in [5, 5.41) is 11.8. The molecule has 1 fully saturated rings. The molecule has 3 aromatic carbocycles. The third-order valence-corrected chi connectivity index (χ3v) is 7.73. The van der Waals surface area contributed by atoms with E-state index in [-0.39, 0.29) is 16.7 Å². The molecule has 0 radical (unpaired) electrons. The van der Waals surface area contributed by atoms with E-state index in [1.54, 1.807) is 24.3 Å². The number of Topliss-reactive ketones (excluding diaryl/α,β-unsaturated/α-hetero) is 1. The highest BCUT2D eigenvalue weighted by atomic mass is 32.1. The highest BCUT2D eigenvalue weighted by Gasteiger charge is 2.48. The van der Waals surface area contributed by atoms with Gasteiger partial charge in [0.1, 0.15) is 11.5 Å². The number of ketones is 1. The molecule has 1 saturated heterocycles. The fourth-order valence-corrected chi connectivity index (χ4v) is 5.75. The van der Waals surface area contributed by atoms with Crippen molar-refractivity contribution in [1.29, 1.82) is 0 Å². The van der Waals surface area contributed by atoms with Crippen LogP contribution in [-0.2, 0) is 15.0 Å². The quantitative estimate of drug-likeness (QED) is 0.173. The third kappa shape index (κ3) is 4.58. The van der Waals surface area contributed by atoms with E-state index in [1.807, 2.05) is 56.3 Å². The number of aromatic nitrogens is 1. The fraction of sp³-hybridized carbons (Fsp3) is 0.258. The molecular formula is C31H30N2O4S. The number of carbonyl (C=O) groups is 2. The van der Waals surface area contributed by atoms with Crippen molar-refractivity contribution < 1.29 is 19.4 Å². The van der Waals surface area contributed by atoms with E-state index >= 15 is 0 Å². The molecular weight excluding hydrogens is 496 g/mol.